The summed E-state index contributed by atoms with van der Waals surface area (Å²) in [5, 5.41) is 13.9. The fourth-order valence-corrected chi connectivity index (χ4v) is 5.40. The van der Waals surface area contributed by atoms with Gasteiger partial charge in [0.1, 0.15) is 0 Å². The van der Waals surface area contributed by atoms with Gasteiger partial charge in [-0.3, -0.25) is 4.79 Å². The Morgan fingerprint density at radius 1 is 1.32 bits per heavy atom. The molecular formula is C19H37NO4Si. The van der Waals surface area contributed by atoms with Crippen LogP contribution in [0.4, 0.5) is 0 Å². The Kier molecular flexibility index (Phi) is 6.40. The van der Waals surface area contributed by atoms with Crippen LogP contribution in [0.3, 0.4) is 0 Å². The summed E-state index contributed by atoms with van der Waals surface area (Å²) in [6.45, 7) is 15.7. The van der Waals surface area contributed by atoms with Gasteiger partial charge in [-0.05, 0) is 44.8 Å². The molecule has 5 nitrogen and oxygen atoms in total. The van der Waals surface area contributed by atoms with Crippen molar-refractivity contribution in [3.8, 4) is 0 Å². The minimum atomic E-state index is -1.93. The predicted octanol–water partition coefficient (Wildman–Crippen LogP) is 3.08. The van der Waals surface area contributed by atoms with Crippen molar-refractivity contribution < 1.29 is 19.1 Å². The first-order valence-electron chi connectivity index (χ1n) is 9.77. The second kappa shape index (κ2) is 7.67. The number of hydrogen-bond acceptors (Lipinski definition) is 4. The van der Waals surface area contributed by atoms with Gasteiger partial charge in [-0.25, -0.2) is 0 Å². The second-order valence-corrected chi connectivity index (χ2v) is 14.0. The third-order valence-electron chi connectivity index (χ3n) is 6.48. The van der Waals surface area contributed by atoms with E-state index >= 15 is 0 Å². The molecule has 0 aromatic heterocycles. The summed E-state index contributed by atoms with van der Waals surface area (Å²) in [7, 11) is -1.93. The molecular weight excluding hydrogens is 334 g/mol. The molecule has 1 amide bonds. The van der Waals surface area contributed by atoms with Crippen LogP contribution in [-0.4, -0.2) is 50.3 Å². The van der Waals surface area contributed by atoms with Crippen LogP contribution < -0.4 is 5.32 Å². The molecule has 2 fully saturated rings. The highest BCUT2D eigenvalue weighted by Gasteiger charge is 2.52. The summed E-state index contributed by atoms with van der Waals surface area (Å²) >= 11 is 0. The van der Waals surface area contributed by atoms with E-state index in [1.165, 1.54) is 0 Å². The van der Waals surface area contributed by atoms with Crippen LogP contribution in [0.5, 0.6) is 0 Å². The number of aliphatic hydroxyl groups excluding tert-OH is 1. The number of carbonyl (C=O) groups excluding carboxylic acids is 1. The number of rotatable bonds is 6. The molecule has 2 N–H and O–H groups in total. The molecule has 0 aromatic rings. The van der Waals surface area contributed by atoms with Gasteiger partial charge in [0.2, 0.25) is 5.91 Å². The van der Waals surface area contributed by atoms with Crippen molar-refractivity contribution in [2.75, 3.05) is 6.61 Å². The Morgan fingerprint density at radius 3 is 2.48 bits per heavy atom. The molecule has 0 aromatic carbocycles. The van der Waals surface area contributed by atoms with Gasteiger partial charge in [-0.1, -0.05) is 27.2 Å². The zero-order valence-corrected chi connectivity index (χ0v) is 18.0. The van der Waals surface area contributed by atoms with Gasteiger partial charge in [0, 0.05) is 18.6 Å². The van der Waals surface area contributed by atoms with Gasteiger partial charge in [0.05, 0.1) is 24.2 Å². The average Bonchev–Trinajstić information content (AvgIpc) is 2.45. The summed E-state index contributed by atoms with van der Waals surface area (Å²) in [6, 6.07) is -0.00877. The average molecular weight is 372 g/mol. The minimum Gasteiger partial charge on any atom is -0.413 e. The van der Waals surface area contributed by atoms with Gasteiger partial charge in [-0.15, -0.1) is 0 Å². The number of amides is 1. The topological polar surface area (TPSA) is 67.8 Å². The third-order valence-corrected chi connectivity index (χ3v) is 11.1. The Hall–Kier alpha value is -0.433. The smallest absolute Gasteiger partial charge is 0.228 e. The van der Waals surface area contributed by atoms with Crippen LogP contribution in [-0.2, 0) is 14.0 Å². The van der Waals surface area contributed by atoms with Crippen LogP contribution in [0.1, 0.15) is 53.9 Å². The van der Waals surface area contributed by atoms with E-state index in [4.69, 9.17) is 9.16 Å². The van der Waals surface area contributed by atoms with Crippen molar-refractivity contribution in [2.24, 2.45) is 11.8 Å². The number of β-lactam (4-membered cyclic amide) rings is 1. The van der Waals surface area contributed by atoms with Gasteiger partial charge in [0.25, 0.3) is 0 Å². The maximum Gasteiger partial charge on any atom is 0.228 e. The first kappa shape index (κ1) is 20.9. The lowest BCUT2D eigenvalue weighted by Gasteiger charge is -2.50. The summed E-state index contributed by atoms with van der Waals surface area (Å²) in [4.78, 5) is 12.3. The Bertz CT molecular complexity index is 475. The lowest BCUT2D eigenvalue weighted by atomic mass is 9.70. The Balaban J connectivity index is 2.07. The number of nitrogens with one attached hydrogen (secondary N) is 1. The van der Waals surface area contributed by atoms with Crippen molar-refractivity contribution in [1.82, 2.24) is 5.32 Å². The van der Waals surface area contributed by atoms with Crippen LogP contribution in [0.2, 0.25) is 18.1 Å². The maximum atomic E-state index is 12.3. The lowest BCUT2D eigenvalue weighted by Crippen LogP contribution is -2.68. The highest BCUT2D eigenvalue weighted by atomic mass is 28.4. The molecule has 2 rings (SSSR count). The molecule has 1 aliphatic heterocycles. The van der Waals surface area contributed by atoms with Crippen molar-refractivity contribution >= 4 is 14.2 Å². The fraction of sp³-hybridized carbons (Fsp3) is 0.947. The van der Waals surface area contributed by atoms with Crippen molar-refractivity contribution in [3.05, 3.63) is 0 Å². The van der Waals surface area contributed by atoms with Crippen LogP contribution in [0.15, 0.2) is 0 Å². The molecule has 0 spiro atoms. The standard InChI is InChI=1S/C19H37NO4Si/c1-8-23-14-11-9-10-13(17(14)21)16-15(18(22)20-16)12(2)24-25(6,7)19(3,4)5/h12-17,21H,8-11H2,1-7H3,(H,20,22)/t12-,13-,14+,15-,16?,17+/m1/s1. The number of aliphatic hydroxyl groups is 1. The van der Waals surface area contributed by atoms with Gasteiger partial charge in [0.15, 0.2) is 8.32 Å². The summed E-state index contributed by atoms with van der Waals surface area (Å²) in [5.74, 6) is -0.0606. The van der Waals surface area contributed by atoms with Gasteiger partial charge in [-0.2, -0.15) is 0 Å². The monoisotopic (exact) mass is 371 g/mol. The van der Waals surface area contributed by atoms with E-state index in [2.05, 4.69) is 39.2 Å². The van der Waals surface area contributed by atoms with Crippen LogP contribution >= 0.6 is 0 Å². The van der Waals surface area contributed by atoms with Crippen molar-refractivity contribution in [2.45, 2.75) is 96.4 Å². The first-order chi connectivity index (χ1) is 11.5. The largest absolute Gasteiger partial charge is 0.413 e. The molecule has 6 heteroatoms. The van der Waals surface area contributed by atoms with Crippen LogP contribution in [0.25, 0.3) is 0 Å². The van der Waals surface area contributed by atoms with Gasteiger partial charge >= 0.3 is 0 Å². The normalized spacial score (nSPS) is 35.0. The number of ether oxygens (including phenoxy) is 1. The van der Waals surface area contributed by atoms with Crippen molar-refractivity contribution in [1.29, 1.82) is 0 Å². The molecule has 0 radical (unpaired) electrons. The zero-order chi connectivity index (χ0) is 19.0. The van der Waals surface area contributed by atoms with E-state index < -0.39 is 14.4 Å². The van der Waals surface area contributed by atoms with E-state index in [0.717, 1.165) is 19.3 Å². The van der Waals surface area contributed by atoms with Gasteiger partial charge < -0.3 is 19.6 Å². The highest BCUT2D eigenvalue weighted by molar-refractivity contribution is 6.74. The molecule has 1 unspecified atom stereocenters. The lowest BCUT2D eigenvalue weighted by molar-refractivity contribution is -0.151. The van der Waals surface area contributed by atoms with Crippen LogP contribution in [0, 0.1) is 11.8 Å². The number of carbonyl (C=O) groups is 1. The second-order valence-electron chi connectivity index (χ2n) is 9.22. The molecule has 25 heavy (non-hydrogen) atoms. The van der Waals surface area contributed by atoms with Crippen molar-refractivity contribution in [3.63, 3.8) is 0 Å². The Labute approximate surface area is 154 Å². The van der Waals surface area contributed by atoms with E-state index in [0.29, 0.717) is 6.61 Å². The quantitative estimate of drug-likeness (QED) is 0.556. The predicted molar refractivity (Wildman–Crippen MR) is 102 cm³/mol. The molecule has 1 saturated heterocycles. The fourth-order valence-electron chi connectivity index (χ4n) is 3.97. The van der Waals surface area contributed by atoms with E-state index in [-0.39, 0.29) is 41.0 Å². The summed E-state index contributed by atoms with van der Waals surface area (Å²) < 4.78 is 12.2. The van der Waals surface area contributed by atoms with E-state index in [1.807, 2.05) is 13.8 Å². The maximum absolute atomic E-state index is 12.3. The summed E-state index contributed by atoms with van der Waals surface area (Å²) in [5.41, 5.74) is 0. The molecule has 1 aliphatic carbocycles. The molecule has 2 aliphatic rings. The summed E-state index contributed by atoms with van der Waals surface area (Å²) in [6.07, 6.45) is 2.11. The zero-order valence-electron chi connectivity index (χ0n) is 17.0. The SMILES string of the molecule is CCO[C@H]1CCC[C@H](C2NC(=O)[C@@H]2[C@@H](C)O[Si](C)(C)C(C)(C)C)[C@@H]1O. The molecule has 146 valence electrons. The minimum absolute atomic E-state index is 0.00877. The Morgan fingerprint density at radius 2 is 1.96 bits per heavy atom. The highest BCUT2D eigenvalue weighted by Crippen LogP contribution is 2.41. The molecule has 1 saturated carbocycles. The molecule has 0 bridgehead atoms. The number of hydrogen-bond donors (Lipinski definition) is 2. The molecule has 6 atom stereocenters. The van der Waals surface area contributed by atoms with E-state index in [1.54, 1.807) is 0 Å². The first-order valence-corrected chi connectivity index (χ1v) is 12.7. The molecule has 1 heterocycles. The third kappa shape index (κ3) is 4.29. The van der Waals surface area contributed by atoms with E-state index in [9.17, 15) is 9.90 Å².